The molecule has 2 aromatic rings. The van der Waals surface area contributed by atoms with E-state index in [0.29, 0.717) is 0 Å². The van der Waals surface area contributed by atoms with Crippen LogP contribution >= 0.6 is 12.6 Å². The molecule has 17 heavy (non-hydrogen) atoms. The Hall–Kier alpha value is -1.57. The topological polar surface area (TPSA) is 51.8 Å². The Bertz CT molecular complexity index is 553. The van der Waals surface area contributed by atoms with Crippen molar-refractivity contribution in [3.8, 4) is 11.5 Å². The van der Waals surface area contributed by atoms with Crippen LogP contribution in [0.15, 0.2) is 21.9 Å². The predicted molar refractivity (Wildman–Crippen MR) is 54.5 cm³/mol. The summed E-state index contributed by atoms with van der Waals surface area (Å²) in [7, 11) is 0. The Morgan fingerprint density at radius 1 is 1.29 bits per heavy atom. The van der Waals surface area contributed by atoms with Gasteiger partial charge in [0.2, 0.25) is 0 Å². The minimum absolute atomic E-state index is 0.101. The normalized spacial score (nSPS) is 11.8. The smallest absolute Gasteiger partial charge is 0.411 e. The maximum absolute atomic E-state index is 12.8. The van der Waals surface area contributed by atoms with Crippen LogP contribution in [0.25, 0.3) is 11.5 Å². The van der Waals surface area contributed by atoms with Gasteiger partial charge in [0.15, 0.2) is 0 Å². The SMILES string of the molecule is Cc1nccc(C(F)(F)F)c1-c1nnc(S)o1. The molecule has 0 aromatic carbocycles. The van der Waals surface area contributed by atoms with E-state index in [1.807, 2.05) is 0 Å². The van der Waals surface area contributed by atoms with Crippen molar-refractivity contribution in [3.63, 3.8) is 0 Å². The number of hydrogen-bond acceptors (Lipinski definition) is 5. The summed E-state index contributed by atoms with van der Waals surface area (Å²) in [5.74, 6) is -0.243. The molecule has 0 N–H and O–H groups in total. The van der Waals surface area contributed by atoms with E-state index < -0.39 is 11.7 Å². The van der Waals surface area contributed by atoms with Crippen molar-refractivity contribution in [2.45, 2.75) is 18.3 Å². The highest BCUT2D eigenvalue weighted by Gasteiger charge is 2.36. The molecular formula is C9H6F3N3OS. The van der Waals surface area contributed by atoms with E-state index in [-0.39, 0.29) is 22.4 Å². The first-order valence-electron chi connectivity index (χ1n) is 4.45. The summed E-state index contributed by atoms with van der Waals surface area (Å²) in [6, 6.07) is 0.866. The highest BCUT2D eigenvalue weighted by atomic mass is 32.1. The standard InChI is InChI=1S/C9H6F3N3OS/c1-4-6(7-14-15-8(17)16-7)5(2-3-13-4)9(10,11)12/h2-3H,1H3,(H,15,17). The van der Waals surface area contributed by atoms with E-state index in [2.05, 4.69) is 27.8 Å². The molecule has 0 unspecified atom stereocenters. The minimum Gasteiger partial charge on any atom is -0.411 e. The van der Waals surface area contributed by atoms with Gasteiger partial charge in [-0.1, -0.05) is 12.6 Å². The summed E-state index contributed by atoms with van der Waals surface area (Å²) in [5, 5.41) is 6.80. The number of rotatable bonds is 1. The summed E-state index contributed by atoms with van der Waals surface area (Å²) in [4.78, 5) is 3.79. The Morgan fingerprint density at radius 3 is 2.53 bits per heavy atom. The van der Waals surface area contributed by atoms with Crippen LogP contribution in [-0.4, -0.2) is 15.2 Å². The minimum atomic E-state index is -4.51. The summed E-state index contributed by atoms with van der Waals surface area (Å²) in [6.07, 6.45) is -3.42. The summed E-state index contributed by atoms with van der Waals surface area (Å²) >= 11 is 3.75. The summed E-state index contributed by atoms with van der Waals surface area (Å²) in [6.45, 7) is 1.44. The first kappa shape index (κ1) is 11.9. The molecule has 0 radical (unpaired) electrons. The van der Waals surface area contributed by atoms with Gasteiger partial charge in [-0.15, -0.1) is 10.2 Å². The van der Waals surface area contributed by atoms with E-state index in [0.717, 1.165) is 12.3 Å². The van der Waals surface area contributed by atoms with Gasteiger partial charge in [0, 0.05) is 6.20 Å². The largest absolute Gasteiger partial charge is 0.417 e. The van der Waals surface area contributed by atoms with Crippen LogP contribution in [0.3, 0.4) is 0 Å². The number of pyridine rings is 1. The number of alkyl halides is 3. The van der Waals surface area contributed by atoms with Gasteiger partial charge >= 0.3 is 6.18 Å². The van der Waals surface area contributed by atoms with Crippen molar-refractivity contribution in [1.82, 2.24) is 15.2 Å². The van der Waals surface area contributed by atoms with Crippen molar-refractivity contribution in [2.75, 3.05) is 0 Å². The lowest BCUT2D eigenvalue weighted by Crippen LogP contribution is -2.09. The highest BCUT2D eigenvalue weighted by Crippen LogP contribution is 2.37. The van der Waals surface area contributed by atoms with Crippen LogP contribution in [0.2, 0.25) is 0 Å². The van der Waals surface area contributed by atoms with Crippen molar-refractivity contribution in [3.05, 3.63) is 23.5 Å². The molecule has 0 bridgehead atoms. The molecule has 0 aliphatic rings. The third kappa shape index (κ3) is 2.26. The third-order valence-corrected chi connectivity index (χ3v) is 2.25. The van der Waals surface area contributed by atoms with Crippen LogP contribution in [0.5, 0.6) is 0 Å². The van der Waals surface area contributed by atoms with E-state index in [1.165, 1.54) is 6.92 Å². The lowest BCUT2D eigenvalue weighted by atomic mass is 10.1. The van der Waals surface area contributed by atoms with Crippen molar-refractivity contribution >= 4 is 12.6 Å². The average molecular weight is 261 g/mol. The van der Waals surface area contributed by atoms with Gasteiger partial charge in [0.1, 0.15) is 0 Å². The molecule has 90 valence electrons. The fourth-order valence-corrected chi connectivity index (χ4v) is 1.52. The number of hydrogen-bond donors (Lipinski definition) is 1. The van der Waals surface area contributed by atoms with Crippen LogP contribution in [0.1, 0.15) is 11.3 Å². The van der Waals surface area contributed by atoms with Gasteiger partial charge in [-0.25, -0.2) is 0 Å². The number of aromatic nitrogens is 3. The van der Waals surface area contributed by atoms with Crippen molar-refractivity contribution < 1.29 is 17.6 Å². The summed E-state index contributed by atoms with van der Waals surface area (Å²) in [5.41, 5.74) is -0.911. The number of halogens is 3. The maximum Gasteiger partial charge on any atom is 0.417 e. The maximum atomic E-state index is 12.8. The van der Waals surface area contributed by atoms with Crippen LogP contribution < -0.4 is 0 Å². The average Bonchev–Trinajstić information content (AvgIpc) is 2.63. The predicted octanol–water partition coefficient (Wildman–Crippen LogP) is 2.75. The molecule has 0 atom stereocenters. The number of aryl methyl sites for hydroxylation is 1. The molecule has 0 spiro atoms. The van der Waals surface area contributed by atoms with E-state index in [4.69, 9.17) is 4.42 Å². The molecule has 2 aromatic heterocycles. The monoisotopic (exact) mass is 261 g/mol. The van der Waals surface area contributed by atoms with Gasteiger partial charge in [0.25, 0.3) is 11.1 Å². The van der Waals surface area contributed by atoms with E-state index in [1.54, 1.807) is 0 Å². The van der Waals surface area contributed by atoms with Crippen molar-refractivity contribution in [1.29, 1.82) is 0 Å². The molecule has 0 saturated heterocycles. The first-order chi connectivity index (χ1) is 7.89. The molecule has 0 aliphatic carbocycles. The van der Waals surface area contributed by atoms with E-state index in [9.17, 15) is 13.2 Å². The zero-order valence-electron chi connectivity index (χ0n) is 8.49. The van der Waals surface area contributed by atoms with Crippen LogP contribution in [-0.2, 0) is 6.18 Å². The molecular weight excluding hydrogens is 255 g/mol. The lowest BCUT2D eigenvalue weighted by Gasteiger charge is -2.11. The Kier molecular flexibility index (Phi) is 2.82. The molecule has 2 heterocycles. The fraction of sp³-hybridized carbons (Fsp3) is 0.222. The quantitative estimate of drug-likeness (QED) is 0.802. The fourth-order valence-electron chi connectivity index (χ4n) is 1.39. The zero-order chi connectivity index (χ0) is 12.6. The van der Waals surface area contributed by atoms with Gasteiger partial charge in [-0.05, 0) is 13.0 Å². The highest BCUT2D eigenvalue weighted by molar-refractivity contribution is 7.80. The molecule has 2 rings (SSSR count). The first-order valence-corrected chi connectivity index (χ1v) is 4.90. The Balaban J connectivity index is 2.67. The lowest BCUT2D eigenvalue weighted by molar-refractivity contribution is -0.137. The van der Waals surface area contributed by atoms with Gasteiger partial charge in [0.05, 0.1) is 16.8 Å². The Labute approximate surface area is 99.3 Å². The van der Waals surface area contributed by atoms with E-state index >= 15 is 0 Å². The van der Waals surface area contributed by atoms with Crippen LogP contribution in [0, 0.1) is 6.92 Å². The number of nitrogens with zero attached hydrogens (tertiary/aromatic N) is 3. The van der Waals surface area contributed by atoms with Crippen molar-refractivity contribution in [2.24, 2.45) is 0 Å². The second-order valence-corrected chi connectivity index (χ2v) is 3.59. The van der Waals surface area contributed by atoms with Gasteiger partial charge < -0.3 is 4.42 Å². The van der Waals surface area contributed by atoms with Gasteiger partial charge in [-0.2, -0.15) is 13.2 Å². The third-order valence-electron chi connectivity index (χ3n) is 2.07. The Morgan fingerprint density at radius 2 is 2.00 bits per heavy atom. The summed E-state index contributed by atoms with van der Waals surface area (Å²) < 4.78 is 43.2. The molecule has 0 fully saturated rings. The second-order valence-electron chi connectivity index (χ2n) is 3.21. The molecule has 0 amide bonds. The molecule has 0 aliphatic heterocycles. The van der Waals surface area contributed by atoms with Gasteiger partial charge in [-0.3, -0.25) is 4.98 Å². The molecule has 4 nitrogen and oxygen atoms in total. The molecule has 8 heteroatoms. The second kappa shape index (κ2) is 4.02. The van der Waals surface area contributed by atoms with Crippen LogP contribution in [0.4, 0.5) is 13.2 Å². The molecule has 0 saturated carbocycles. The number of thiol groups is 1. The zero-order valence-corrected chi connectivity index (χ0v) is 9.38.